The number of rotatable bonds is 5. The summed E-state index contributed by atoms with van der Waals surface area (Å²) in [4.78, 5) is 11.1. The monoisotopic (exact) mass is 339 g/mol. The van der Waals surface area contributed by atoms with Crippen LogP contribution in [0.25, 0.3) is 0 Å². The van der Waals surface area contributed by atoms with Crippen LogP contribution in [0.1, 0.15) is 16.7 Å². The maximum absolute atomic E-state index is 11.1. The molecule has 1 amide bonds. The van der Waals surface area contributed by atoms with Gasteiger partial charge in [-0.15, -0.1) is 5.10 Å². The third-order valence-electron chi connectivity index (χ3n) is 3.46. The van der Waals surface area contributed by atoms with Crippen LogP contribution in [0.5, 0.6) is 5.75 Å². The summed E-state index contributed by atoms with van der Waals surface area (Å²) in [7, 11) is 0. The van der Waals surface area contributed by atoms with Gasteiger partial charge in [0.05, 0.1) is 12.0 Å². The third kappa shape index (κ3) is 4.45. The number of amides is 1. The highest BCUT2D eigenvalue weighted by molar-refractivity contribution is 8.15. The van der Waals surface area contributed by atoms with Crippen molar-refractivity contribution in [1.82, 2.24) is 5.32 Å². The van der Waals surface area contributed by atoms with E-state index >= 15 is 0 Å². The van der Waals surface area contributed by atoms with Crippen molar-refractivity contribution in [3.05, 3.63) is 65.2 Å². The summed E-state index contributed by atoms with van der Waals surface area (Å²) >= 11 is 1.35. The molecule has 0 unspecified atom stereocenters. The number of ether oxygens (including phenoxy) is 1. The highest BCUT2D eigenvalue weighted by atomic mass is 32.2. The van der Waals surface area contributed by atoms with Crippen molar-refractivity contribution in [2.24, 2.45) is 10.2 Å². The number of benzene rings is 2. The molecular weight excluding hydrogens is 322 g/mol. The van der Waals surface area contributed by atoms with Gasteiger partial charge in [-0.3, -0.25) is 4.79 Å². The molecule has 1 saturated heterocycles. The summed E-state index contributed by atoms with van der Waals surface area (Å²) < 4.78 is 5.85. The van der Waals surface area contributed by atoms with Gasteiger partial charge in [-0.1, -0.05) is 48.2 Å². The summed E-state index contributed by atoms with van der Waals surface area (Å²) in [5, 5.41) is 11.1. The summed E-state index contributed by atoms with van der Waals surface area (Å²) in [6.45, 7) is 2.60. The number of nitrogens with one attached hydrogen (secondary N) is 1. The Morgan fingerprint density at radius 2 is 2.12 bits per heavy atom. The molecule has 1 aliphatic rings. The van der Waals surface area contributed by atoms with Gasteiger partial charge in [0, 0.05) is 0 Å². The molecule has 0 aromatic heterocycles. The molecular formula is C18H17N3O2S. The minimum atomic E-state index is -0.0412. The number of hydrogen-bond donors (Lipinski definition) is 1. The predicted octanol–water partition coefficient (Wildman–Crippen LogP) is 3.13. The molecule has 0 atom stereocenters. The second kappa shape index (κ2) is 7.79. The van der Waals surface area contributed by atoms with E-state index in [-0.39, 0.29) is 5.91 Å². The van der Waals surface area contributed by atoms with Gasteiger partial charge in [0.25, 0.3) is 0 Å². The van der Waals surface area contributed by atoms with Crippen molar-refractivity contribution in [2.75, 3.05) is 5.75 Å². The topological polar surface area (TPSA) is 63.1 Å². The van der Waals surface area contributed by atoms with Gasteiger partial charge < -0.3 is 10.1 Å². The van der Waals surface area contributed by atoms with Crippen LogP contribution in [0.3, 0.4) is 0 Å². The van der Waals surface area contributed by atoms with E-state index in [4.69, 9.17) is 4.74 Å². The Kier molecular flexibility index (Phi) is 5.28. The van der Waals surface area contributed by atoms with Gasteiger partial charge in [0.15, 0.2) is 5.17 Å². The van der Waals surface area contributed by atoms with Crippen LogP contribution in [0.15, 0.2) is 58.7 Å². The molecule has 1 fully saturated rings. The van der Waals surface area contributed by atoms with Crippen molar-refractivity contribution in [3.8, 4) is 5.75 Å². The first-order valence-corrected chi connectivity index (χ1v) is 8.50. The Morgan fingerprint density at radius 1 is 1.25 bits per heavy atom. The molecule has 24 heavy (non-hydrogen) atoms. The molecule has 0 aliphatic carbocycles. The molecule has 1 N–H and O–H groups in total. The van der Waals surface area contributed by atoms with Crippen LogP contribution < -0.4 is 10.1 Å². The number of carbonyl (C=O) groups is 1. The highest BCUT2D eigenvalue weighted by Crippen LogP contribution is 2.16. The number of nitrogens with zero attached hydrogens (tertiary/aromatic N) is 2. The minimum absolute atomic E-state index is 0.0412. The second-order valence-corrected chi connectivity index (χ2v) is 6.24. The van der Waals surface area contributed by atoms with E-state index in [0.717, 1.165) is 16.9 Å². The quantitative estimate of drug-likeness (QED) is 0.672. The van der Waals surface area contributed by atoms with E-state index in [1.54, 1.807) is 6.21 Å². The first-order chi connectivity index (χ1) is 11.7. The second-order valence-electron chi connectivity index (χ2n) is 5.27. The summed E-state index contributed by atoms with van der Waals surface area (Å²) in [5.41, 5.74) is 3.26. The fraction of sp³-hybridized carbons (Fsp3) is 0.167. The van der Waals surface area contributed by atoms with Crippen molar-refractivity contribution in [1.29, 1.82) is 0 Å². The lowest BCUT2D eigenvalue weighted by molar-refractivity contribution is -0.116. The van der Waals surface area contributed by atoms with Gasteiger partial charge in [0.2, 0.25) is 5.91 Å². The molecule has 122 valence electrons. The smallest absolute Gasteiger partial charge is 0.236 e. The lowest BCUT2D eigenvalue weighted by Gasteiger charge is -2.08. The average Bonchev–Trinajstić information content (AvgIpc) is 3.00. The molecule has 0 spiro atoms. The standard InChI is InChI=1S/C18H17N3O2S/c1-13-5-2-3-7-15(13)11-23-16-8-4-6-14(9-16)10-19-21-18-20-17(22)12-24-18/h2-10H,11-12H2,1H3,(H,20,21,22). The molecule has 0 bridgehead atoms. The lowest BCUT2D eigenvalue weighted by atomic mass is 10.1. The van der Waals surface area contributed by atoms with Crippen molar-refractivity contribution >= 4 is 29.1 Å². The largest absolute Gasteiger partial charge is 0.489 e. The molecule has 1 heterocycles. The van der Waals surface area contributed by atoms with E-state index in [0.29, 0.717) is 17.5 Å². The first kappa shape index (κ1) is 16.3. The normalized spacial score (nSPS) is 15.9. The molecule has 3 rings (SSSR count). The molecule has 0 saturated carbocycles. The third-order valence-corrected chi connectivity index (χ3v) is 4.32. The van der Waals surface area contributed by atoms with E-state index in [1.165, 1.54) is 17.3 Å². The Bertz CT molecular complexity index is 802. The Labute approximate surface area is 144 Å². The maximum atomic E-state index is 11.1. The fourth-order valence-electron chi connectivity index (χ4n) is 2.14. The number of amidine groups is 1. The van der Waals surface area contributed by atoms with Crippen LogP contribution in [0, 0.1) is 6.92 Å². The number of aryl methyl sites for hydroxylation is 1. The lowest BCUT2D eigenvalue weighted by Crippen LogP contribution is -2.19. The van der Waals surface area contributed by atoms with Gasteiger partial charge in [-0.05, 0) is 35.7 Å². The molecule has 0 radical (unpaired) electrons. The van der Waals surface area contributed by atoms with Crippen LogP contribution >= 0.6 is 11.8 Å². The van der Waals surface area contributed by atoms with Crippen LogP contribution in [-0.4, -0.2) is 23.0 Å². The van der Waals surface area contributed by atoms with Gasteiger partial charge >= 0.3 is 0 Å². The molecule has 1 aliphatic heterocycles. The SMILES string of the molecule is Cc1ccccc1COc1cccc(C=NN=C2NC(=O)CS2)c1. The number of carbonyl (C=O) groups excluding carboxylic acids is 1. The van der Waals surface area contributed by atoms with Crippen LogP contribution in [0.2, 0.25) is 0 Å². The minimum Gasteiger partial charge on any atom is -0.489 e. The predicted molar refractivity (Wildman–Crippen MR) is 97.6 cm³/mol. The molecule has 6 heteroatoms. The zero-order chi connectivity index (χ0) is 16.8. The summed E-state index contributed by atoms with van der Waals surface area (Å²) in [5.74, 6) is 1.13. The number of thioether (sulfide) groups is 1. The van der Waals surface area contributed by atoms with Gasteiger partial charge in [0.1, 0.15) is 12.4 Å². The van der Waals surface area contributed by atoms with Crippen LogP contribution in [-0.2, 0) is 11.4 Å². The average molecular weight is 339 g/mol. The van der Waals surface area contributed by atoms with E-state index in [9.17, 15) is 4.79 Å². The van der Waals surface area contributed by atoms with Crippen molar-refractivity contribution in [2.45, 2.75) is 13.5 Å². The Balaban J connectivity index is 1.62. The molecule has 5 nitrogen and oxygen atoms in total. The first-order valence-electron chi connectivity index (χ1n) is 7.52. The summed E-state index contributed by atoms with van der Waals surface area (Å²) in [6.07, 6.45) is 1.64. The zero-order valence-corrected chi connectivity index (χ0v) is 14.0. The van der Waals surface area contributed by atoms with E-state index < -0.39 is 0 Å². The van der Waals surface area contributed by atoms with Gasteiger partial charge in [-0.25, -0.2) is 0 Å². The summed E-state index contributed by atoms with van der Waals surface area (Å²) in [6, 6.07) is 15.8. The van der Waals surface area contributed by atoms with Crippen LogP contribution in [0.4, 0.5) is 0 Å². The molecule has 2 aromatic carbocycles. The Hall–Kier alpha value is -2.60. The van der Waals surface area contributed by atoms with E-state index in [1.807, 2.05) is 36.4 Å². The number of hydrogen-bond acceptors (Lipinski definition) is 5. The fourth-order valence-corrected chi connectivity index (χ4v) is 2.78. The highest BCUT2D eigenvalue weighted by Gasteiger charge is 2.15. The molecule has 2 aromatic rings. The van der Waals surface area contributed by atoms with Crippen molar-refractivity contribution < 1.29 is 9.53 Å². The zero-order valence-electron chi connectivity index (χ0n) is 13.2. The maximum Gasteiger partial charge on any atom is 0.236 e. The Morgan fingerprint density at radius 3 is 2.92 bits per heavy atom. The van der Waals surface area contributed by atoms with E-state index in [2.05, 4.69) is 34.6 Å². The van der Waals surface area contributed by atoms with Crippen molar-refractivity contribution in [3.63, 3.8) is 0 Å². The van der Waals surface area contributed by atoms with Gasteiger partial charge in [-0.2, -0.15) is 5.10 Å².